The van der Waals surface area contributed by atoms with Crippen LogP contribution in [0.15, 0.2) is 59.8 Å². The van der Waals surface area contributed by atoms with Gasteiger partial charge in [-0.05, 0) is 41.3 Å². The molecule has 1 aromatic carbocycles. The van der Waals surface area contributed by atoms with Gasteiger partial charge in [0.1, 0.15) is 11.5 Å². The Morgan fingerprint density at radius 1 is 1.03 bits per heavy atom. The number of carbonyl (C=O) groups is 1. The molecule has 2 heterocycles. The van der Waals surface area contributed by atoms with Crippen molar-refractivity contribution in [1.82, 2.24) is 9.97 Å². The van der Waals surface area contributed by atoms with Crippen molar-refractivity contribution in [2.24, 2.45) is 0 Å². The van der Waals surface area contributed by atoms with Crippen LogP contribution < -0.4 is 10.5 Å². The Hall–Kier alpha value is -2.97. The second-order valence-corrected chi connectivity index (χ2v) is 9.85. The van der Waals surface area contributed by atoms with Gasteiger partial charge < -0.3 is 5.73 Å². The molecule has 2 aromatic heterocycles. The number of aromatic nitrogens is 2. The summed E-state index contributed by atoms with van der Waals surface area (Å²) in [7, 11) is -3.97. The fourth-order valence-corrected chi connectivity index (χ4v) is 3.93. The minimum atomic E-state index is -3.97. The van der Waals surface area contributed by atoms with Crippen molar-refractivity contribution in [1.29, 1.82) is 0 Å². The third kappa shape index (κ3) is 4.77. The van der Waals surface area contributed by atoms with Crippen molar-refractivity contribution in [3.63, 3.8) is 0 Å². The minimum absolute atomic E-state index is 0.0239. The first-order valence-electron chi connectivity index (χ1n) is 9.02. The Labute approximate surface area is 180 Å². The van der Waals surface area contributed by atoms with Gasteiger partial charge in [-0.3, -0.25) is 9.52 Å². The van der Waals surface area contributed by atoms with Crippen molar-refractivity contribution < 1.29 is 13.2 Å². The summed E-state index contributed by atoms with van der Waals surface area (Å²) < 4.78 is 28.2. The molecule has 0 saturated heterocycles. The molecule has 3 rings (SSSR count). The molecule has 9 heteroatoms. The van der Waals surface area contributed by atoms with E-state index < -0.39 is 15.8 Å². The van der Waals surface area contributed by atoms with E-state index in [2.05, 4.69) is 14.7 Å². The summed E-state index contributed by atoms with van der Waals surface area (Å²) >= 11 is 6.00. The summed E-state index contributed by atoms with van der Waals surface area (Å²) in [5.41, 5.74) is 6.54. The first kappa shape index (κ1) is 21.7. The van der Waals surface area contributed by atoms with Crippen LogP contribution in [0.2, 0.25) is 5.02 Å². The van der Waals surface area contributed by atoms with Crippen molar-refractivity contribution in [2.75, 3.05) is 10.5 Å². The molecular weight excluding hydrogens is 424 g/mol. The van der Waals surface area contributed by atoms with E-state index in [0.29, 0.717) is 0 Å². The Morgan fingerprint density at radius 2 is 1.70 bits per heavy atom. The van der Waals surface area contributed by atoms with E-state index in [1.54, 1.807) is 12.1 Å². The zero-order valence-electron chi connectivity index (χ0n) is 16.7. The average molecular weight is 445 g/mol. The van der Waals surface area contributed by atoms with E-state index in [4.69, 9.17) is 17.3 Å². The number of carbonyl (C=O) groups excluding carboxylic acids is 1. The average Bonchev–Trinajstić information content (AvgIpc) is 2.67. The van der Waals surface area contributed by atoms with Crippen molar-refractivity contribution in [3.8, 4) is 0 Å². The van der Waals surface area contributed by atoms with Gasteiger partial charge in [-0.15, -0.1) is 0 Å². The Kier molecular flexibility index (Phi) is 5.83. The van der Waals surface area contributed by atoms with Gasteiger partial charge >= 0.3 is 0 Å². The van der Waals surface area contributed by atoms with Gasteiger partial charge in [0.25, 0.3) is 10.0 Å². The second-order valence-electron chi connectivity index (χ2n) is 7.73. The summed E-state index contributed by atoms with van der Waals surface area (Å²) in [5.74, 6) is -0.254. The number of halogens is 1. The van der Waals surface area contributed by atoms with Crippen LogP contribution in [0.5, 0.6) is 0 Å². The number of hydrogen-bond acceptors (Lipinski definition) is 6. The summed E-state index contributed by atoms with van der Waals surface area (Å²) in [6.07, 6.45) is 2.58. The zero-order chi connectivity index (χ0) is 22.1. The number of sulfonamides is 1. The molecule has 0 radical (unpaired) electrons. The Morgan fingerprint density at radius 3 is 2.27 bits per heavy atom. The number of hydrogen-bond donors (Lipinski definition) is 2. The fourth-order valence-electron chi connectivity index (χ4n) is 2.71. The van der Waals surface area contributed by atoms with Crippen LogP contribution in [-0.4, -0.2) is 24.2 Å². The number of benzene rings is 1. The molecule has 0 aliphatic heterocycles. The number of nitrogens with two attached hydrogens (primary N) is 1. The van der Waals surface area contributed by atoms with Gasteiger partial charge in [0.2, 0.25) is 5.78 Å². The number of rotatable bonds is 5. The Balaban J connectivity index is 1.97. The van der Waals surface area contributed by atoms with Crippen molar-refractivity contribution >= 4 is 38.9 Å². The van der Waals surface area contributed by atoms with E-state index in [-0.39, 0.29) is 38.1 Å². The standard InChI is InChI=1S/C21H21ClN4O3S/c1-21(2,3)14-5-7-16(8-6-14)30(28,29)26-17-10-15(22)12-25-19(17)20(27)13-4-9-18(23)24-11-13/h4-12,26H,1-3H3,(H2,23,24). The summed E-state index contributed by atoms with van der Waals surface area (Å²) in [6, 6.07) is 10.9. The van der Waals surface area contributed by atoms with Crippen LogP contribution in [-0.2, 0) is 15.4 Å². The lowest BCUT2D eigenvalue weighted by Crippen LogP contribution is -2.18. The number of anilines is 2. The molecule has 30 heavy (non-hydrogen) atoms. The maximum absolute atomic E-state index is 12.9. The van der Waals surface area contributed by atoms with Crippen molar-refractivity contribution in [2.45, 2.75) is 31.1 Å². The summed E-state index contributed by atoms with van der Waals surface area (Å²) in [5, 5.41) is 0.183. The summed E-state index contributed by atoms with van der Waals surface area (Å²) in [4.78, 5) is 20.8. The maximum Gasteiger partial charge on any atom is 0.261 e. The highest BCUT2D eigenvalue weighted by Gasteiger charge is 2.22. The maximum atomic E-state index is 12.9. The molecule has 0 unspecified atom stereocenters. The van der Waals surface area contributed by atoms with Gasteiger partial charge in [-0.1, -0.05) is 44.5 Å². The lowest BCUT2D eigenvalue weighted by molar-refractivity contribution is 0.103. The van der Waals surface area contributed by atoms with E-state index in [0.717, 1.165) is 5.56 Å². The zero-order valence-corrected chi connectivity index (χ0v) is 18.3. The third-order valence-corrected chi connectivity index (χ3v) is 5.98. The lowest BCUT2D eigenvalue weighted by Gasteiger charge is -2.19. The third-order valence-electron chi connectivity index (χ3n) is 4.39. The quantitative estimate of drug-likeness (QED) is 0.574. The highest BCUT2D eigenvalue weighted by Crippen LogP contribution is 2.27. The number of ketones is 1. The largest absolute Gasteiger partial charge is 0.384 e. The van der Waals surface area contributed by atoms with Crippen LogP contribution in [0.25, 0.3) is 0 Å². The molecule has 0 bridgehead atoms. The van der Waals surface area contributed by atoms with Crippen LogP contribution >= 0.6 is 11.6 Å². The SMILES string of the molecule is CC(C)(C)c1ccc(S(=O)(=O)Nc2cc(Cl)cnc2C(=O)c2ccc(N)nc2)cc1. The molecule has 0 spiro atoms. The van der Waals surface area contributed by atoms with Gasteiger partial charge in [0.15, 0.2) is 0 Å². The topological polar surface area (TPSA) is 115 Å². The summed E-state index contributed by atoms with van der Waals surface area (Å²) in [6.45, 7) is 6.11. The molecule has 156 valence electrons. The van der Waals surface area contributed by atoms with Crippen LogP contribution in [0.3, 0.4) is 0 Å². The van der Waals surface area contributed by atoms with Gasteiger partial charge in [-0.2, -0.15) is 0 Å². The molecule has 0 saturated carbocycles. The highest BCUT2D eigenvalue weighted by molar-refractivity contribution is 7.92. The molecule has 0 fully saturated rings. The van der Waals surface area contributed by atoms with Gasteiger partial charge in [0.05, 0.1) is 15.6 Å². The molecule has 3 aromatic rings. The highest BCUT2D eigenvalue weighted by atomic mass is 35.5. The molecule has 0 amide bonds. The first-order chi connectivity index (χ1) is 14.0. The number of nitrogen functional groups attached to an aromatic ring is 1. The predicted molar refractivity (Wildman–Crippen MR) is 117 cm³/mol. The molecule has 3 N–H and O–H groups in total. The van der Waals surface area contributed by atoms with Gasteiger partial charge in [-0.25, -0.2) is 18.4 Å². The fraction of sp³-hybridized carbons (Fsp3) is 0.190. The van der Waals surface area contributed by atoms with E-state index in [1.165, 1.54) is 42.7 Å². The minimum Gasteiger partial charge on any atom is -0.384 e. The van der Waals surface area contributed by atoms with Crippen molar-refractivity contribution in [3.05, 3.63) is 76.7 Å². The second kappa shape index (κ2) is 8.04. The molecule has 7 nitrogen and oxygen atoms in total. The van der Waals surface area contributed by atoms with Crippen LogP contribution in [0.1, 0.15) is 42.4 Å². The first-order valence-corrected chi connectivity index (χ1v) is 10.9. The normalized spacial score (nSPS) is 11.9. The number of pyridine rings is 2. The van der Waals surface area contributed by atoms with Crippen LogP contribution in [0.4, 0.5) is 11.5 Å². The molecular formula is C21H21ClN4O3S. The molecule has 0 aliphatic rings. The van der Waals surface area contributed by atoms with E-state index in [9.17, 15) is 13.2 Å². The number of nitrogens with zero attached hydrogens (tertiary/aromatic N) is 2. The molecule has 0 aliphatic carbocycles. The smallest absolute Gasteiger partial charge is 0.261 e. The molecule has 0 atom stereocenters. The van der Waals surface area contributed by atoms with E-state index >= 15 is 0 Å². The Bertz CT molecular complexity index is 1190. The van der Waals surface area contributed by atoms with Crippen LogP contribution in [0, 0.1) is 0 Å². The predicted octanol–water partition coefficient (Wildman–Crippen LogP) is 4.04. The van der Waals surface area contributed by atoms with Gasteiger partial charge in [0, 0.05) is 18.0 Å². The van der Waals surface area contributed by atoms with E-state index in [1.807, 2.05) is 20.8 Å². The monoisotopic (exact) mass is 444 g/mol. The number of nitrogens with one attached hydrogen (secondary N) is 1. The lowest BCUT2D eigenvalue weighted by atomic mass is 9.87.